The summed E-state index contributed by atoms with van der Waals surface area (Å²) < 4.78 is 13.0. The molecule has 0 atom stereocenters. The van der Waals surface area contributed by atoms with Crippen LogP contribution in [0.5, 0.6) is 11.5 Å². The van der Waals surface area contributed by atoms with Gasteiger partial charge in [-0.25, -0.2) is 0 Å². The Morgan fingerprint density at radius 1 is 1.14 bits per heavy atom. The summed E-state index contributed by atoms with van der Waals surface area (Å²) in [6.07, 6.45) is 0. The minimum atomic E-state index is -0.167. The summed E-state index contributed by atoms with van der Waals surface area (Å²) in [5.74, 6) is 1.23. The first-order chi connectivity index (χ1) is 13.5. The van der Waals surface area contributed by atoms with Gasteiger partial charge in [0, 0.05) is 17.3 Å². The maximum atomic E-state index is 12.8. The zero-order valence-electron chi connectivity index (χ0n) is 15.6. The van der Waals surface area contributed by atoms with Crippen molar-refractivity contribution in [3.05, 3.63) is 91.8 Å². The molecule has 0 N–H and O–H groups in total. The Hall–Kier alpha value is -3.04. The molecule has 0 bridgehead atoms. The molecule has 1 heterocycles. The van der Waals surface area contributed by atoms with Gasteiger partial charge in [-0.2, -0.15) is 5.26 Å². The van der Waals surface area contributed by atoms with E-state index in [0.29, 0.717) is 22.3 Å². The maximum absolute atomic E-state index is 12.8. The minimum Gasteiger partial charge on any atom is -0.497 e. The molecule has 0 spiro atoms. The lowest BCUT2D eigenvalue weighted by Gasteiger charge is -2.15. The predicted octanol–water partition coefficient (Wildman–Crippen LogP) is 4.43. The Labute approximate surface area is 171 Å². The van der Waals surface area contributed by atoms with Crippen LogP contribution in [0, 0.1) is 18.3 Å². The van der Waals surface area contributed by atoms with Gasteiger partial charge in [0.1, 0.15) is 22.6 Å². The molecule has 0 saturated carbocycles. The number of pyridine rings is 1. The number of aryl methyl sites for hydroxylation is 1. The van der Waals surface area contributed by atoms with Crippen molar-refractivity contribution >= 4 is 15.9 Å². The van der Waals surface area contributed by atoms with E-state index in [1.54, 1.807) is 17.7 Å². The number of aromatic nitrogens is 1. The standard InChI is InChI=1S/C22H19BrN2O3/c1-15-11-20(28-14-18-6-4-3-5-17(18)12-24)21(23)22(26)25(15)13-16-7-9-19(27-2)10-8-16/h3-11H,13-14H2,1-2H3. The maximum Gasteiger partial charge on any atom is 0.269 e. The minimum absolute atomic E-state index is 0.167. The Morgan fingerprint density at radius 3 is 2.54 bits per heavy atom. The van der Waals surface area contributed by atoms with Crippen LogP contribution in [0.3, 0.4) is 0 Å². The number of ether oxygens (including phenoxy) is 2. The third-order valence-electron chi connectivity index (χ3n) is 4.44. The van der Waals surface area contributed by atoms with Gasteiger partial charge in [0.2, 0.25) is 0 Å². The van der Waals surface area contributed by atoms with Gasteiger partial charge in [-0.15, -0.1) is 0 Å². The van der Waals surface area contributed by atoms with Crippen LogP contribution in [0.2, 0.25) is 0 Å². The van der Waals surface area contributed by atoms with Gasteiger partial charge in [0.25, 0.3) is 5.56 Å². The fourth-order valence-electron chi connectivity index (χ4n) is 2.84. The average Bonchev–Trinajstić information content (AvgIpc) is 2.73. The van der Waals surface area contributed by atoms with E-state index in [1.165, 1.54) is 0 Å². The summed E-state index contributed by atoms with van der Waals surface area (Å²) in [5.41, 5.74) is 2.95. The molecule has 0 aliphatic carbocycles. The number of rotatable bonds is 6. The highest BCUT2D eigenvalue weighted by atomic mass is 79.9. The third kappa shape index (κ3) is 4.26. The lowest BCUT2D eigenvalue weighted by Crippen LogP contribution is -2.24. The Balaban J connectivity index is 1.83. The quantitative estimate of drug-likeness (QED) is 0.570. The highest BCUT2D eigenvalue weighted by Gasteiger charge is 2.13. The number of methoxy groups -OCH3 is 1. The molecule has 0 radical (unpaired) electrons. The molecule has 1 aromatic heterocycles. The molecule has 0 saturated heterocycles. The summed E-state index contributed by atoms with van der Waals surface area (Å²) in [5, 5.41) is 9.19. The molecule has 0 aliphatic rings. The number of hydrogen-bond acceptors (Lipinski definition) is 4. The fourth-order valence-corrected chi connectivity index (χ4v) is 3.28. The number of nitriles is 1. The summed E-state index contributed by atoms with van der Waals surface area (Å²) in [4.78, 5) is 12.8. The van der Waals surface area contributed by atoms with Gasteiger partial charge in [-0.3, -0.25) is 4.79 Å². The summed E-state index contributed by atoms with van der Waals surface area (Å²) in [6.45, 7) is 2.53. The van der Waals surface area contributed by atoms with Gasteiger partial charge in [0.15, 0.2) is 0 Å². The van der Waals surface area contributed by atoms with E-state index in [-0.39, 0.29) is 12.2 Å². The third-order valence-corrected chi connectivity index (χ3v) is 5.17. The predicted molar refractivity (Wildman–Crippen MR) is 111 cm³/mol. The Bertz CT molecular complexity index is 1080. The van der Waals surface area contributed by atoms with Gasteiger partial charge < -0.3 is 14.0 Å². The highest BCUT2D eigenvalue weighted by molar-refractivity contribution is 9.10. The Kier molecular flexibility index (Phi) is 6.17. The number of halogens is 1. The summed E-state index contributed by atoms with van der Waals surface area (Å²) in [6, 6.07) is 18.8. The van der Waals surface area contributed by atoms with Crippen LogP contribution in [-0.2, 0) is 13.2 Å². The van der Waals surface area contributed by atoms with Crippen molar-refractivity contribution in [1.29, 1.82) is 5.26 Å². The second-order valence-electron chi connectivity index (χ2n) is 6.26. The number of hydrogen-bond donors (Lipinski definition) is 0. The van der Waals surface area contributed by atoms with Crippen molar-refractivity contribution < 1.29 is 9.47 Å². The fraction of sp³-hybridized carbons (Fsp3) is 0.182. The van der Waals surface area contributed by atoms with Crippen LogP contribution >= 0.6 is 15.9 Å². The van der Waals surface area contributed by atoms with E-state index in [1.807, 2.05) is 55.5 Å². The average molecular weight is 439 g/mol. The smallest absolute Gasteiger partial charge is 0.269 e. The zero-order chi connectivity index (χ0) is 20.1. The first-order valence-corrected chi connectivity index (χ1v) is 9.46. The van der Waals surface area contributed by atoms with E-state index in [0.717, 1.165) is 22.6 Å². The van der Waals surface area contributed by atoms with E-state index in [4.69, 9.17) is 9.47 Å². The van der Waals surface area contributed by atoms with E-state index in [2.05, 4.69) is 22.0 Å². The van der Waals surface area contributed by atoms with Crippen LogP contribution in [0.25, 0.3) is 0 Å². The molecule has 0 amide bonds. The van der Waals surface area contributed by atoms with Gasteiger partial charge in [-0.1, -0.05) is 30.3 Å². The van der Waals surface area contributed by atoms with Crippen LogP contribution in [0.15, 0.2) is 63.9 Å². The van der Waals surface area contributed by atoms with Crippen molar-refractivity contribution in [2.24, 2.45) is 0 Å². The van der Waals surface area contributed by atoms with Crippen LogP contribution in [0.4, 0.5) is 0 Å². The van der Waals surface area contributed by atoms with Crippen LogP contribution in [0.1, 0.15) is 22.4 Å². The van der Waals surface area contributed by atoms with E-state index >= 15 is 0 Å². The zero-order valence-corrected chi connectivity index (χ0v) is 17.2. The molecular weight excluding hydrogens is 420 g/mol. The van der Waals surface area contributed by atoms with Crippen molar-refractivity contribution in [1.82, 2.24) is 4.57 Å². The lowest BCUT2D eigenvalue weighted by atomic mass is 10.1. The molecule has 6 heteroatoms. The van der Waals surface area contributed by atoms with Crippen molar-refractivity contribution in [3.63, 3.8) is 0 Å². The second kappa shape index (κ2) is 8.77. The lowest BCUT2D eigenvalue weighted by molar-refractivity contribution is 0.302. The second-order valence-corrected chi connectivity index (χ2v) is 7.05. The summed E-state index contributed by atoms with van der Waals surface area (Å²) in [7, 11) is 1.62. The van der Waals surface area contributed by atoms with Crippen molar-refractivity contribution in [2.75, 3.05) is 7.11 Å². The molecule has 5 nitrogen and oxygen atoms in total. The molecule has 142 valence electrons. The molecule has 0 aliphatic heterocycles. The van der Waals surface area contributed by atoms with Gasteiger partial charge in [-0.05, 0) is 46.6 Å². The first-order valence-electron chi connectivity index (χ1n) is 8.67. The topological polar surface area (TPSA) is 64.2 Å². The highest BCUT2D eigenvalue weighted by Crippen LogP contribution is 2.24. The Morgan fingerprint density at radius 2 is 1.86 bits per heavy atom. The van der Waals surface area contributed by atoms with Crippen LogP contribution < -0.4 is 15.0 Å². The summed E-state index contributed by atoms with van der Waals surface area (Å²) >= 11 is 3.37. The first kappa shape index (κ1) is 19.7. The molecule has 3 rings (SSSR count). The van der Waals surface area contributed by atoms with Crippen molar-refractivity contribution in [3.8, 4) is 17.6 Å². The molecule has 2 aromatic carbocycles. The van der Waals surface area contributed by atoms with E-state index in [9.17, 15) is 10.1 Å². The SMILES string of the molecule is COc1ccc(Cn2c(C)cc(OCc3ccccc3C#N)c(Br)c2=O)cc1. The molecule has 3 aromatic rings. The number of benzene rings is 2. The largest absolute Gasteiger partial charge is 0.497 e. The van der Waals surface area contributed by atoms with Crippen molar-refractivity contribution in [2.45, 2.75) is 20.1 Å². The molecular formula is C22H19BrN2O3. The van der Waals surface area contributed by atoms with E-state index < -0.39 is 0 Å². The normalized spacial score (nSPS) is 10.4. The van der Waals surface area contributed by atoms with Gasteiger partial charge in [0.05, 0.1) is 25.3 Å². The molecule has 0 unspecified atom stereocenters. The monoisotopic (exact) mass is 438 g/mol. The van der Waals surface area contributed by atoms with Gasteiger partial charge >= 0.3 is 0 Å². The molecule has 28 heavy (non-hydrogen) atoms. The van der Waals surface area contributed by atoms with Crippen LogP contribution in [-0.4, -0.2) is 11.7 Å². The molecule has 0 fully saturated rings. The number of nitrogens with zero attached hydrogens (tertiary/aromatic N) is 2.